The Balaban J connectivity index is 1.88. The Morgan fingerprint density at radius 2 is 1.74 bits per heavy atom. The minimum absolute atomic E-state index is 0.206. The standard InChI is InChI=1S/C15H17BrN2O/c16-13-4-2-1-3-12(13)15-9-17-5-6-18(10-15)8-11(7-17)14(15)19/h1-4,11H,5-10H2. The van der Waals surface area contributed by atoms with Crippen LogP contribution in [0, 0.1) is 5.92 Å². The molecular weight excluding hydrogens is 304 g/mol. The summed E-state index contributed by atoms with van der Waals surface area (Å²) in [6, 6.07) is 8.25. The van der Waals surface area contributed by atoms with Gasteiger partial charge in [-0.2, -0.15) is 0 Å². The Bertz CT molecular complexity index is 529. The van der Waals surface area contributed by atoms with E-state index in [0.717, 1.165) is 43.7 Å². The number of carbonyl (C=O) groups excluding carboxylic acids is 1. The number of rotatable bonds is 1. The fourth-order valence-electron chi connectivity index (χ4n) is 4.11. The Morgan fingerprint density at radius 3 is 2.37 bits per heavy atom. The number of nitrogens with zero attached hydrogens (tertiary/aromatic N) is 2. The van der Waals surface area contributed by atoms with E-state index in [1.165, 1.54) is 5.56 Å². The number of fused-ring (bicyclic) bond motifs is 1. The zero-order chi connectivity index (χ0) is 13.0. The van der Waals surface area contributed by atoms with Gasteiger partial charge in [-0.1, -0.05) is 34.1 Å². The van der Waals surface area contributed by atoms with E-state index in [9.17, 15) is 4.79 Å². The molecule has 0 spiro atoms. The number of halogens is 1. The highest BCUT2D eigenvalue weighted by atomic mass is 79.9. The second-order valence-electron chi connectivity index (χ2n) is 6.09. The Kier molecular flexibility index (Phi) is 2.63. The van der Waals surface area contributed by atoms with Gasteiger partial charge in [0.15, 0.2) is 5.78 Å². The van der Waals surface area contributed by atoms with E-state index in [1.807, 2.05) is 12.1 Å². The largest absolute Gasteiger partial charge is 0.300 e. The summed E-state index contributed by atoms with van der Waals surface area (Å²) >= 11 is 3.65. The molecule has 4 bridgehead atoms. The molecule has 0 saturated carbocycles. The second kappa shape index (κ2) is 4.14. The second-order valence-corrected chi connectivity index (χ2v) is 6.95. The highest BCUT2D eigenvalue weighted by molar-refractivity contribution is 9.10. The van der Waals surface area contributed by atoms with Crippen LogP contribution in [0.2, 0.25) is 0 Å². The van der Waals surface area contributed by atoms with Crippen LogP contribution < -0.4 is 0 Å². The molecule has 1 aromatic rings. The van der Waals surface area contributed by atoms with Crippen LogP contribution in [0.25, 0.3) is 0 Å². The van der Waals surface area contributed by atoms with Crippen molar-refractivity contribution in [3.05, 3.63) is 34.3 Å². The number of benzene rings is 1. The SMILES string of the molecule is O=C1C2CN3CCN(C2)CC1(c1ccccc1Br)C3. The lowest BCUT2D eigenvalue weighted by Gasteiger charge is -2.48. The molecule has 0 aliphatic carbocycles. The molecule has 4 fully saturated rings. The lowest BCUT2D eigenvalue weighted by molar-refractivity contribution is -0.137. The van der Waals surface area contributed by atoms with E-state index in [-0.39, 0.29) is 11.3 Å². The van der Waals surface area contributed by atoms with E-state index in [1.54, 1.807) is 0 Å². The summed E-state index contributed by atoms with van der Waals surface area (Å²) in [4.78, 5) is 17.9. The fourth-order valence-corrected chi connectivity index (χ4v) is 4.78. The maximum atomic E-state index is 12.9. The van der Waals surface area contributed by atoms with E-state index >= 15 is 0 Å². The summed E-state index contributed by atoms with van der Waals surface area (Å²) in [6.45, 7) is 5.91. The van der Waals surface area contributed by atoms with Crippen molar-refractivity contribution in [2.75, 3.05) is 39.3 Å². The lowest BCUT2D eigenvalue weighted by atomic mass is 9.67. The molecule has 1 aromatic carbocycles. The fraction of sp³-hybridized carbons (Fsp3) is 0.533. The predicted octanol–water partition coefficient (Wildman–Crippen LogP) is 1.52. The minimum Gasteiger partial charge on any atom is -0.300 e. The van der Waals surface area contributed by atoms with Crippen LogP contribution in [0.4, 0.5) is 0 Å². The minimum atomic E-state index is -0.308. The third-order valence-corrected chi connectivity index (χ3v) is 5.60. The summed E-state index contributed by atoms with van der Waals surface area (Å²) in [6.07, 6.45) is 0. The molecule has 100 valence electrons. The van der Waals surface area contributed by atoms with Gasteiger partial charge in [-0.15, -0.1) is 0 Å². The van der Waals surface area contributed by atoms with Crippen molar-refractivity contribution in [1.82, 2.24) is 9.80 Å². The summed E-state index contributed by atoms with van der Waals surface area (Å²) < 4.78 is 1.08. The molecule has 4 aliphatic heterocycles. The van der Waals surface area contributed by atoms with Gasteiger partial charge < -0.3 is 0 Å². The molecule has 0 aromatic heterocycles. The number of carbonyl (C=O) groups is 1. The third kappa shape index (κ3) is 1.66. The van der Waals surface area contributed by atoms with Crippen molar-refractivity contribution in [3.63, 3.8) is 0 Å². The Labute approximate surface area is 121 Å². The zero-order valence-corrected chi connectivity index (χ0v) is 12.4. The summed E-state index contributed by atoms with van der Waals surface area (Å²) in [7, 11) is 0. The van der Waals surface area contributed by atoms with Gasteiger partial charge in [-0.25, -0.2) is 0 Å². The molecule has 4 aliphatic rings. The zero-order valence-electron chi connectivity index (χ0n) is 10.8. The van der Waals surface area contributed by atoms with Gasteiger partial charge in [0.2, 0.25) is 0 Å². The average molecular weight is 321 g/mol. The molecule has 3 nitrogen and oxygen atoms in total. The van der Waals surface area contributed by atoms with Crippen molar-refractivity contribution in [2.45, 2.75) is 5.41 Å². The quantitative estimate of drug-likeness (QED) is 0.784. The molecule has 0 radical (unpaired) electrons. The average Bonchev–Trinajstić information content (AvgIpc) is 2.64. The predicted molar refractivity (Wildman–Crippen MR) is 77.2 cm³/mol. The monoisotopic (exact) mass is 320 g/mol. The summed E-state index contributed by atoms with van der Waals surface area (Å²) in [5.74, 6) is 0.672. The molecule has 2 unspecified atom stereocenters. The van der Waals surface area contributed by atoms with Gasteiger partial charge in [0.05, 0.1) is 5.41 Å². The molecule has 19 heavy (non-hydrogen) atoms. The number of hydrogen-bond donors (Lipinski definition) is 0. The maximum absolute atomic E-state index is 12.9. The number of hydrogen-bond acceptors (Lipinski definition) is 3. The molecule has 0 amide bonds. The highest BCUT2D eigenvalue weighted by Crippen LogP contribution is 2.42. The molecule has 5 rings (SSSR count). The summed E-state index contributed by atoms with van der Waals surface area (Å²) in [5, 5.41) is 0. The van der Waals surface area contributed by atoms with Crippen molar-refractivity contribution < 1.29 is 4.79 Å². The van der Waals surface area contributed by atoms with Crippen molar-refractivity contribution in [3.8, 4) is 0 Å². The number of piperidine rings is 2. The van der Waals surface area contributed by atoms with Crippen LogP contribution in [0.1, 0.15) is 5.56 Å². The van der Waals surface area contributed by atoms with Crippen LogP contribution in [-0.4, -0.2) is 54.9 Å². The van der Waals surface area contributed by atoms with E-state index in [0.29, 0.717) is 5.78 Å². The molecular formula is C15H17BrN2O. The van der Waals surface area contributed by atoms with E-state index < -0.39 is 0 Å². The molecule has 4 heteroatoms. The van der Waals surface area contributed by atoms with E-state index in [4.69, 9.17) is 0 Å². The van der Waals surface area contributed by atoms with Crippen molar-refractivity contribution >= 4 is 21.7 Å². The highest BCUT2D eigenvalue weighted by Gasteiger charge is 2.55. The topological polar surface area (TPSA) is 23.6 Å². The Morgan fingerprint density at radius 1 is 1.11 bits per heavy atom. The van der Waals surface area contributed by atoms with Gasteiger partial charge in [0, 0.05) is 49.7 Å². The first-order chi connectivity index (χ1) is 9.19. The van der Waals surface area contributed by atoms with Crippen LogP contribution in [0.15, 0.2) is 28.7 Å². The first-order valence-corrected chi connectivity index (χ1v) is 7.72. The van der Waals surface area contributed by atoms with Gasteiger partial charge in [-0.05, 0) is 11.6 Å². The molecule has 2 atom stereocenters. The van der Waals surface area contributed by atoms with Crippen LogP contribution >= 0.6 is 15.9 Å². The molecule has 4 saturated heterocycles. The number of Topliss-reactive ketones (excluding diaryl/α,β-unsaturated/α-hetero) is 1. The lowest BCUT2D eigenvalue weighted by Crippen LogP contribution is -2.63. The van der Waals surface area contributed by atoms with Crippen LogP contribution in [0.3, 0.4) is 0 Å². The Hall–Kier alpha value is -0.710. The van der Waals surface area contributed by atoms with Gasteiger partial charge in [-0.3, -0.25) is 14.6 Å². The molecule has 0 N–H and O–H groups in total. The van der Waals surface area contributed by atoms with Gasteiger partial charge >= 0.3 is 0 Å². The van der Waals surface area contributed by atoms with Crippen molar-refractivity contribution in [2.24, 2.45) is 5.92 Å². The van der Waals surface area contributed by atoms with Crippen LogP contribution in [-0.2, 0) is 10.2 Å². The molecule has 4 heterocycles. The van der Waals surface area contributed by atoms with Gasteiger partial charge in [0.25, 0.3) is 0 Å². The van der Waals surface area contributed by atoms with Crippen molar-refractivity contribution in [1.29, 1.82) is 0 Å². The number of ketones is 1. The van der Waals surface area contributed by atoms with Gasteiger partial charge in [0.1, 0.15) is 0 Å². The first kappa shape index (κ1) is 12.1. The maximum Gasteiger partial charge on any atom is 0.151 e. The normalized spacial score (nSPS) is 40.5. The van der Waals surface area contributed by atoms with E-state index in [2.05, 4.69) is 37.9 Å². The summed E-state index contributed by atoms with van der Waals surface area (Å²) in [5.41, 5.74) is 0.874. The third-order valence-electron chi connectivity index (χ3n) is 4.91. The first-order valence-electron chi connectivity index (χ1n) is 6.93. The smallest absolute Gasteiger partial charge is 0.151 e. The van der Waals surface area contributed by atoms with Crippen LogP contribution in [0.5, 0.6) is 0 Å².